The molecule has 0 amide bonds. The molecule has 0 spiro atoms. The highest BCUT2D eigenvalue weighted by atomic mass is 28.4. The van der Waals surface area contributed by atoms with Crippen LogP contribution in [0.15, 0.2) is 60.7 Å². The Bertz CT molecular complexity index is 1650. The lowest BCUT2D eigenvalue weighted by molar-refractivity contribution is -0.279. The second-order valence-electron chi connectivity index (χ2n) is 19.8. The van der Waals surface area contributed by atoms with Gasteiger partial charge in [-0.15, -0.1) is 0 Å². The maximum Gasteiger partial charge on any atom is 0.432 e. The van der Waals surface area contributed by atoms with Crippen LogP contribution in [0, 0.1) is 0 Å². The predicted octanol–water partition coefficient (Wildman–Crippen LogP) is 11.7. The third kappa shape index (κ3) is 11.9. The maximum absolute atomic E-state index is 14.9. The molecular weight excluding hydrogens is 907 g/mol. The van der Waals surface area contributed by atoms with Gasteiger partial charge in [-0.1, -0.05) is 144 Å². The van der Waals surface area contributed by atoms with Gasteiger partial charge in [0, 0.05) is 25.3 Å². The molecule has 0 radical (unpaired) electrons. The first-order chi connectivity index (χ1) is 30.2. The monoisotopic (exact) mass is 982 g/mol. The number of aliphatic hydroxyl groups is 2. The molecule has 6 atom stereocenters. The first kappa shape index (κ1) is 59.3. The van der Waals surface area contributed by atoms with Crippen molar-refractivity contribution in [3.8, 4) is 0 Å². The first-order valence-corrected chi connectivity index (χ1v) is 26.9. The number of hydrogen-bond donors (Lipinski definition) is 2. The number of benzene rings is 2. The molecule has 2 rings (SSSR count). The van der Waals surface area contributed by atoms with Crippen molar-refractivity contribution >= 4 is 28.6 Å². The molecule has 18 heteroatoms. The lowest BCUT2D eigenvalue weighted by atomic mass is 9.89. The molecule has 0 heterocycles. The minimum atomic E-state index is -5.29. The Balaban J connectivity index is 2.83. The van der Waals surface area contributed by atoms with Gasteiger partial charge in [-0.3, -0.25) is 0 Å². The smallest absolute Gasteiger partial charge is 0.432 e. The number of esters is 2. The van der Waals surface area contributed by atoms with Crippen LogP contribution in [-0.2, 0) is 48.6 Å². The van der Waals surface area contributed by atoms with Crippen LogP contribution >= 0.6 is 0 Å². The van der Waals surface area contributed by atoms with Crippen LogP contribution in [0.5, 0.6) is 0 Å². The van der Waals surface area contributed by atoms with Gasteiger partial charge in [0.05, 0.1) is 12.2 Å². The quantitative estimate of drug-likeness (QED) is 0.0563. The Kier molecular flexibility index (Phi) is 20.4. The van der Waals surface area contributed by atoms with E-state index >= 15 is 0 Å². The standard InChI is InChI=1S/C48H76F6O10Si2/c1-31(2)65(32(3)4,33(5)6)63-39(43(13,57)29-61-41(55)45(59-15,47(49,50)51)37-23-19-17-20-24-37)27-28-40(64-66(34(7)8,35(9)10)36(11)12)44(14,58)30-62-42(56)46(60-16,48(52,53)54)38-25-21-18-22-26-38/h17-26,31-36,39-40,57-58H,27-30H2,1-16H3/t39-,40-,43+,44+,45-,46-/m1/s1. The zero-order valence-corrected chi connectivity index (χ0v) is 43.6. The maximum atomic E-state index is 14.9. The zero-order chi connectivity index (χ0) is 51.1. The summed E-state index contributed by atoms with van der Waals surface area (Å²) in [6, 6.07) is 12.5. The molecule has 0 bridgehead atoms. The Morgan fingerprint density at radius 1 is 0.500 bits per heavy atom. The summed E-state index contributed by atoms with van der Waals surface area (Å²) in [5.41, 5.74) is -13.0. The highest BCUT2D eigenvalue weighted by Gasteiger charge is 2.66. The average Bonchev–Trinajstić information content (AvgIpc) is 3.20. The van der Waals surface area contributed by atoms with E-state index in [4.69, 9.17) is 27.8 Å². The lowest BCUT2D eigenvalue weighted by Crippen LogP contribution is -2.59. The number of rotatable bonds is 25. The van der Waals surface area contributed by atoms with Crippen molar-refractivity contribution in [2.45, 2.75) is 190 Å². The summed E-state index contributed by atoms with van der Waals surface area (Å²) in [6.07, 6.45) is -13.5. The minimum Gasteiger partial charge on any atom is -0.460 e. The molecule has 378 valence electrons. The summed E-state index contributed by atoms with van der Waals surface area (Å²) >= 11 is 0. The third-order valence-electron chi connectivity index (χ3n) is 13.5. The second kappa shape index (κ2) is 22.7. The Morgan fingerprint density at radius 2 is 0.742 bits per heavy atom. The second-order valence-corrected chi connectivity index (χ2v) is 30.6. The molecule has 10 nitrogen and oxygen atoms in total. The summed E-state index contributed by atoms with van der Waals surface area (Å²) in [5, 5.41) is 24.9. The van der Waals surface area contributed by atoms with Crippen molar-refractivity contribution in [3.05, 3.63) is 71.8 Å². The van der Waals surface area contributed by atoms with Gasteiger partial charge in [0.15, 0.2) is 0 Å². The zero-order valence-electron chi connectivity index (χ0n) is 41.6. The van der Waals surface area contributed by atoms with Crippen LogP contribution in [-0.4, -0.2) is 102 Å². The van der Waals surface area contributed by atoms with Crippen LogP contribution in [0.2, 0.25) is 33.2 Å². The molecule has 0 unspecified atom stereocenters. The van der Waals surface area contributed by atoms with Gasteiger partial charge < -0.3 is 38.0 Å². The average molecular weight is 983 g/mol. The molecular formula is C48H76F6O10Si2. The highest BCUT2D eigenvalue weighted by molar-refractivity contribution is 6.78. The lowest BCUT2D eigenvalue weighted by Gasteiger charge is -2.49. The van der Waals surface area contributed by atoms with E-state index in [1.165, 1.54) is 50.2 Å². The van der Waals surface area contributed by atoms with Gasteiger partial charge in [-0.2, -0.15) is 26.3 Å². The molecule has 0 aliphatic rings. The molecule has 0 saturated carbocycles. The number of hydrogen-bond acceptors (Lipinski definition) is 10. The molecule has 2 N–H and O–H groups in total. The van der Waals surface area contributed by atoms with Gasteiger partial charge in [-0.25, -0.2) is 9.59 Å². The molecule has 2 aromatic rings. The molecule has 66 heavy (non-hydrogen) atoms. The van der Waals surface area contributed by atoms with Crippen LogP contribution in [0.25, 0.3) is 0 Å². The third-order valence-corrected chi connectivity index (χ3v) is 25.7. The largest absolute Gasteiger partial charge is 0.460 e. The van der Waals surface area contributed by atoms with Crippen molar-refractivity contribution in [1.29, 1.82) is 0 Å². The Labute approximate surface area is 390 Å². The van der Waals surface area contributed by atoms with E-state index in [9.17, 15) is 46.1 Å². The molecule has 0 aromatic heterocycles. The summed E-state index contributed by atoms with van der Waals surface area (Å²) in [7, 11) is -4.52. The van der Waals surface area contributed by atoms with E-state index < -0.39 is 99.9 Å². The fraction of sp³-hybridized carbons (Fsp3) is 0.708. The number of carbonyl (C=O) groups is 2. The number of alkyl halides is 6. The van der Waals surface area contributed by atoms with E-state index in [1.54, 1.807) is 0 Å². The van der Waals surface area contributed by atoms with Crippen molar-refractivity contribution in [2.75, 3.05) is 27.4 Å². The van der Waals surface area contributed by atoms with E-state index in [1.807, 2.05) is 83.1 Å². The van der Waals surface area contributed by atoms with Crippen molar-refractivity contribution in [3.63, 3.8) is 0 Å². The van der Waals surface area contributed by atoms with E-state index in [2.05, 4.69) is 0 Å². The first-order valence-electron chi connectivity index (χ1n) is 22.7. The summed E-state index contributed by atoms with van der Waals surface area (Å²) in [6.45, 7) is 24.5. The van der Waals surface area contributed by atoms with E-state index in [0.29, 0.717) is 0 Å². The van der Waals surface area contributed by atoms with E-state index in [-0.39, 0.29) is 46.1 Å². The fourth-order valence-electron chi connectivity index (χ4n) is 10.2. The minimum absolute atomic E-state index is 0.0699. The summed E-state index contributed by atoms with van der Waals surface area (Å²) in [5.74, 6) is -3.64. The normalized spacial score (nSPS) is 18.0. The fourth-order valence-corrected chi connectivity index (χ4v) is 21.6. The van der Waals surface area contributed by atoms with Gasteiger partial charge in [0.2, 0.25) is 16.6 Å². The molecule has 2 aromatic carbocycles. The van der Waals surface area contributed by atoms with Gasteiger partial charge in [0.25, 0.3) is 11.2 Å². The van der Waals surface area contributed by atoms with Crippen molar-refractivity contribution < 1.29 is 73.9 Å². The van der Waals surface area contributed by atoms with Crippen molar-refractivity contribution in [1.82, 2.24) is 0 Å². The number of methoxy groups -OCH3 is 2. The molecule has 0 saturated heterocycles. The molecule has 0 fully saturated rings. The van der Waals surface area contributed by atoms with E-state index in [0.717, 1.165) is 38.5 Å². The molecule has 0 aliphatic heterocycles. The molecule has 0 aliphatic carbocycles. The Hall–Kier alpha value is -2.85. The van der Waals surface area contributed by atoms with Crippen LogP contribution < -0.4 is 0 Å². The van der Waals surface area contributed by atoms with Gasteiger partial charge in [0.1, 0.15) is 24.4 Å². The van der Waals surface area contributed by atoms with Gasteiger partial charge >= 0.3 is 24.3 Å². The topological polar surface area (TPSA) is 130 Å². The Morgan fingerprint density at radius 3 is 0.939 bits per heavy atom. The number of halogens is 6. The van der Waals surface area contributed by atoms with Gasteiger partial charge in [-0.05, 0) is 59.9 Å². The van der Waals surface area contributed by atoms with Crippen LogP contribution in [0.3, 0.4) is 0 Å². The van der Waals surface area contributed by atoms with Crippen molar-refractivity contribution in [2.24, 2.45) is 0 Å². The SMILES string of the molecule is CO[C@@](C(=O)OC[C@](C)(O)[C@@H](CC[C@@H](O[Si](C(C)C)(C(C)C)C(C)C)[C@@](C)(O)COC(=O)[C@](OC)(c1ccccc1)C(F)(F)F)O[Si](C(C)C)(C(C)C)C(C)C)(c1ccccc1)C(F)(F)F. The highest BCUT2D eigenvalue weighted by Crippen LogP contribution is 2.49. The summed E-state index contributed by atoms with van der Waals surface area (Å²) < 4.78 is 124. The van der Waals surface area contributed by atoms with Crippen LogP contribution in [0.1, 0.15) is 121 Å². The number of carbonyl (C=O) groups excluding carboxylic acids is 2. The number of ether oxygens (including phenoxy) is 4. The summed E-state index contributed by atoms with van der Waals surface area (Å²) in [4.78, 5) is 27.5. The predicted molar refractivity (Wildman–Crippen MR) is 247 cm³/mol. The van der Waals surface area contributed by atoms with Crippen LogP contribution in [0.4, 0.5) is 26.3 Å².